The number of hydrogen-bond acceptors (Lipinski definition) is 4. The Morgan fingerprint density at radius 3 is 2.71 bits per heavy atom. The SMILES string of the molecule is Cc1c(Br)cc(CN)cc1S(=O)(=O)N1CCSC(C)C1C. The number of nitrogens with two attached hydrogens (primary N) is 1. The lowest BCUT2D eigenvalue weighted by atomic mass is 10.1. The van der Waals surface area contributed by atoms with Crippen LogP contribution >= 0.6 is 27.7 Å². The van der Waals surface area contributed by atoms with Gasteiger partial charge in [0.25, 0.3) is 0 Å². The molecule has 0 aromatic heterocycles. The Hall–Kier alpha value is -0.0800. The van der Waals surface area contributed by atoms with Crippen LogP contribution in [-0.2, 0) is 16.6 Å². The Bertz CT molecular complexity index is 634. The summed E-state index contributed by atoms with van der Waals surface area (Å²) in [4.78, 5) is 0.364. The summed E-state index contributed by atoms with van der Waals surface area (Å²) in [5.74, 6) is 0.835. The van der Waals surface area contributed by atoms with Gasteiger partial charge in [-0.3, -0.25) is 0 Å². The number of thioether (sulfide) groups is 1. The van der Waals surface area contributed by atoms with Gasteiger partial charge in [-0.05, 0) is 37.1 Å². The van der Waals surface area contributed by atoms with E-state index in [1.807, 2.05) is 31.7 Å². The van der Waals surface area contributed by atoms with Crippen LogP contribution in [0.4, 0.5) is 0 Å². The first-order chi connectivity index (χ1) is 9.78. The van der Waals surface area contributed by atoms with Crippen LogP contribution in [0.2, 0.25) is 0 Å². The fourth-order valence-corrected chi connectivity index (χ4v) is 6.40. The highest BCUT2D eigenvalue weighted by molar-refractivity contribution is 9.10. The summed E-state index contributed by atoms with van der Waals surface area (Å²) in [6, 6.07) is 3.58. The fourth-order valence-electron chi connectivity index (χ4n) is 2.46. The van der Waals surface area contributed by atoms with Gasteiger partial charge in [-0.25, -0.2) is 8.42 Å². The molecule has 0 aliphatic carbocycles. The molecule has 0 saturated carbocycles. The Labute approximate surface area is 139 Å². The first-order valence-electron chi connectivity index (χ1n) is 6.91. The van der Waals surface area contributed by atoms with Crippen LogP contribution in [0.3, 0.4) is 0 Å². The lowest BCUT2D eigenvalue weighted by molar-refractivity contribution is 0.340. The normalized spacial score (nSPS) is 24.2. The van der Waals surface area contributed by atoms with Gasteiger partial charge in [0, 0.05) is 34.6 Å². The fraction of sp³-hybridized carbons (Fsp3) is 0.571. The average Bonchev–Trinajstić information content (AvgIpc) is 2.44. The van der Waals surface area contributed by atoms with Crippen LogP contribution in [0, 0.1) is 6.92 Å². The van der Waals surface area contributed by atoms with Gasteiger partial charge in [0.2, 0.25) is 10.0 Å². The molecular weight excluding hydrogens is 372 g/mol. The van der Waals surface area contributed by atoms with E-state index in [0.717, 1.165) is 21.4 Å². The van der Waals surface area contributed by atoms with Crippen LogP contribution < -0.4 is 5.73 Å². The summed E-state index contributed by atoms with van der Waals surface area (Å²) < 4.78 is 28.5. The molecule has 7 heteroatoms. The summed E-state index contributed by atoms with van der Waals surface area (Å²) in [5, 5.41) is 0.301. The van der Waals surface area contributed by atoms with Crippen molar-refractivity contribution in [2.75, 3.05) is 12.3 Å². The lowest BCUT2D eigenvalue weighted by Crippen LogP contribution is -2.48. The van der Waals surface area contributed by atoms with Gasteiger partial charge in [-0.15, -0.1) is 0 Å². The summed E-state index contributed by atoms with van der Waals surface area (Å²) in [7, 11) is -3.50. The molecule has 0 bridgehead atoms. The third-order valence-corrected chi connectivity index (χ3v) is 8.28. The molecule has 0 spiro atoms. The molecule has 2 N–H and O–H groups in total. The highest BCUT2D eigenvalue weighted by Gasteiger charge is 2.36. The highest BCUT2D eigenvalue weighted by Crippen LogP contribution is 2.33. The van der Waals surface area contributed by atoms with Gasteiger partial charge in [0.15, 0.2) is 0 Å². The monoisotopic (exact) mass is 392 g/mol. The first-order valence-corrected chi connectivity index (χ1v) is 10.2. The number of benzene rings is 1. The van der Waals surface area contributed by atoms with Crippen LogP contribution in [0.1, 0.15) is 25.0 Å². The van der Waals surface area contributed by atoms with Crippen LogP contribution in [0.25, 0.3) is 0 Å². The highest BCUT2D eigenvalue weighted by atomic mass is 79.9. The molecule has 1 aromatic rings. The van der Waals surface area contributed by atoms with E-state index in [4.69, 9.17) is 5.73 Å². The van der Waals surface area contributed by atoms with Crippen LogP contribution in [0.15, 0.2) is 21.5 Å². The number of sulfonamides is 1. The molecule has 0 amide bonds. The van der Waals surface area contributed by atoms with Gasteiger partial charge < -0.3 is 5.73 Å². The molecule has 0 radical (unpaired) electrons. The Morgan fingerprint density at radius 1 is 1.43 bits per heavy atom. The topological polar surface area (TPSA) is 63.4 Å². The molecule has 1 aliphatic heterocycles. The summed E-state index contributed by atoms with van der Waals surface area (Å²) >= 11 is 5.26. The molecule has 1 saturated heterocycles. The minimum atomic E-state index is -3.50. The average molecular weight is 393 g/mol. The maximum atomic E-state index is 13.0. The van der Waals surface area contributed by atoms with E-state index in [9.17, 15) is 8.42 Å². The van der Waals surface area contributed by atoms with E-state index < -0.39 is 10.0 Å². The van der Waals surface area contributed by atoms with Crippen LogP contribution in [0.5, 0.6) is 0 Å². The number of rotatable bonds is 3. The van der Waals surface area contributed by atoms with Crippen molar-refractivity contribution in [1.29, 1.82) is 0 Å². The molecule has 1 fully saturated rings. The van der Waals surface area contributed by atoms with Gasteiger partial charge in [0.05, 0.1) is 4.90 Å². The summed E-state index contributed by atoms with van der Waals surface area (Å²) in [6.45, 7) is 6.76. The van der Waals surface area contributed by atoms with E-state index in [0.29, 0.717) is 23.2 Å². The molecule has 4 nitrogen and oxygen atoms in total. The molecular formula is C14H21BrN2O2S2. The second kappa shape index (κ2) is 6.58. The first kappa shape index (κ1) is 17.3. The van der Waals surface area contributed by atoms with E-state index in [1.165, 1.54) is 0 Å². The molecule has 2 rings (SSSR count). The third-order valence-electron chi connectivity index (χ3n) is 4.00. The van der Waals surface area contributed by atoms with E-state index >= 15 is 0 Å². The molecule has 2 atom stereocenters. The lowest BCUT2D eigenvalue weighted by Gasteiger charge is -2.36. The summed E-state index contributed by atoms with van der Waals surface area (Å²) in [5.41, 5.74) is 7.23. The molecule has 1 heterocycles. The molecule has 118 valence electrons. The zero-order chi connectivity index (χ0) is 15.8. The van der Waals surface area contributed by atoms with Crippen molar-refractivity contribution in [3.8, 4) is 0 Å². The third kappa shape index (κ3) is 3.32. The van der Waals surface area contributed by atoms with Crippen LogP contribution in [-0.4, -0.2) is 36.3 Å². The predicted octanol–water partition coefficient (Wildman–Crippen LogP) is 2.73. The van der Waals surface area contributed by atoms with Crippen molar-refractivity contribution in [2.24, 2.45) is 5.73 Å². The van der Waals surface area contributed by atoms with Crippen molar-refractivity contribution in [3.63, 3.8) is 0 Å². The number of hydrogen-bond donors (Lipinski definition) is 1. The Kier molecular flexibility index (Phi) is 5.41. The van der Waals surface area contributed by atoms with Gasteiger partial charge in [-0.1, -0.05) is 22.9 Å². The van der Waals surface area contributed by atoms with E-state index in [-0.39, 0.29) is 6.04 Å². The molecule has 21 heavy (non-hydrogen) atoms. The largest absolute Gasteiger partial charge is 0.326 e. The van der Waals surface area contributed by atoms with Crippen molar-refractivity contribution in [3.05, 3.63) is 27.7 Å². The zero-order valence-corrected chi connectivity index (χ0v) is 15.7. The Morgan fingerprint density at radius 2 is 2.10 bits per heavy atom. The van der Waals surface area contributed by atoms with Crippen molar-refractivity contribution >= 4 is 37.7 Å². The minimum Gasteiger partial charge on any atom is -0.326 e. The maximum Gasteiger partial charge on any atom is 0.243 e. The summed E-state index contributed by atoms with van der Waals surface area (Å²) in [6.07, 6.45) is 0. The predicted molar refractivity (Wildman–Crippen MR) is 92.0 cm³/mol. The van der Waals surface area contributed by atoms with Gasteiger partial charge in [-0.2, -0.15) is 16.1 Å². The molecule has 2 unspecified atom stereocenters. The maximum absolute atomic E-state index is 13.0. The smallest absolute Gasteiger partial charge is 0.243 e. The number of halogens is 1. The Balaban J connectivity index is 2.51. The number of nitrogens with zero attached hydrogens (tertiary/aromatic N) is 1. The molecule has 1 aliphatic rings. The van der Waals surface area contributed by atoms with Gasteiger partial charge in [0.1, 0.15) is 0 Å². The van der Waals surface area contributed by atoms with E-state index in [1.54, 1.807) is 10.4 Å². The van der Waals surface area contributed by atoms with Crippen molar-refractivity contribution in [2.45, 2.75) is 43.5 Å². The zero-order valence-electron chi connectivity index (χ0n) is 12.5. The second-order valence-electron chi connectivity index (χ2n) is 5.34. The van der Waals surface area contributed by atoms with Crippen molar-refractivity contribution < 1.29 is 8.42 Å². The van der Waals surface area contributed by atoms with Gasteiger partial charge >= 0.3 is 0 Å². The standard InChI is InChI=1S/C14H21BrN2O2S2/c1-9-13(15)6-12(8-16)7-14(9)21(18,19)17-4-5-20-11(3)10(17)2/h6-7,10-11H,4-5,8,16H2,1-3H3. The quantitative estimate of drug-likeness (QED) is 0.858. The minimum absolute atomic E-state index is 0.00606. The van der Waals surface area contributed by atoms with Crippen molar-refractivity contribution in [1.82, 2.24) is 4.31 Å². The second-order valence-corrected chi connectivity index (χ2v) is 9.54. The molecule has 1 aromatic carbocycles. The van der Waals surface area contributed by atoms with E-state index in [2.05, 4.69) is 22.9 Å².